The Balaban J connectivity index is 2.13. The lowest BCUT2D eigenvalue weighted by Crippen LogP contribution is -2.27. The minimum Gasteiger partial charge on any atom is -0.491 e. The average Bonchev–Trinajstić information content (AvgIpc) is 2.60. The van der Waals surface area contributed by atoms with Crippen molar-refractivity contribution in [3.05, 3.63) is 54.1 Å². The molecule has 2 amide bonds. The van der Waals surface area contributed by atoms with Gasteiger partial charge in [-0.2, -0.15) is 0 Å². The largest absolute Gasteiger partial charge is 0.491 e. The van der Waals surface area contributed by atoms with Crippen molar-refractivity contribution in [3.63, 3.8) is 0 Å². The fourth-order valence-electron chi connectivity index (χ4n) is 2.16. The van der Waals surface area contributed by atoms with Crippen molar-refractivity contribution in [3.8, 4) is 5.75 Å². The van der Waals surface area contributed by atoms with Crippen LogP contribution in [-0.4, -0.2) is 18.4 Å². The van der Waals surface area contributed by atoms with Crippen LogP contribution in [0.4, 0.5) is 11.4 Å². The molecule has 26 heavy (non-hydrogen) atoms. The van der Waals surface area contributed by atoms with Gasteiger partial charge in [0.2, 0.25) is 5.91 Å². The molecule has 0 unspecified atom stereocenters. The van der Waals surface area contributed by atoms with Gasteiger partial charge < -0.3 is 15.4 Å². The maximum atomic E-state index is 12.6. The summed E-state index contributed by atoms with van der Waals surface area (Å²) in [4.78, 5) is 24.7. The number of hydrogen-bond acceptors (Lipinski definition) is 3. The Morgan fingerprint density at radius 2 is 1.73 bits per heavy atom. The number of rotatable bonds is 6. The van der Waals surface area contributed by atoms with Crippen molar-refractivity contribution >= 4 is 23.2 Å². The first-order chi connectivity index (χ1) is 12.3. The van der Waals surface area contributed by atoms with Crippen LogP contribution in [0.3, 0.4) is 0 Å². The number of carbonyl (C=O) groups is 2. The van der Waals surface area contributed by atoms with Crippen LogP contribution in [0, 0.1) is 5.41 Å². The summed E-state index contributed by atoms with van der Waals surface area (Å²) in [5.41, 5.74) is 1.17. The molecule has 2 N–H and O–H groups in total. The van der Waals surface area contributed by atoms with Crippen molar-refractivity contribution in [1.29, 1.82) is 0 Å². The highest BCUT2D eigenvalue weighted by Gasteiger charge is 2.21. The highest BCUT2D eigenvalue weighted by atomic mass is 16.5. The summed E-state index contributed by atoms with van der Waals surface area (Å²) >= 11 is 0. The molecule has 5 heteroatoms. The van der Waals surface area contributed by atoms with E-state index in [0.717, 1.165) is 6.42 Å². The molecule has 2 aromatic rings. The van der Waals surface area contributed by atoms with Gasteiger partial charge >= 0.3 is 0 Å². The Kier molecular flexibility index (Phi) is 6.39. The molecule has 0 aliphatic rings. The van der Waals surface area contributed by atoms with E-state index in [1.165, 1.54) is 0 Å². The number of amides is 2. The topological polar surface area (TPSA) is 67.4 Å². The lowest BCUT2D eigenvalue weighted by atomic mass is 9.95. The Morgan fingerprint density at radius 3 is 2.42 bits per heavy atom. The van der Waals surface area contributed by atoms with Gasteiger partial charge in [-0.3, -0.25) is 9.59 Å². The quantitative estimate of drug-likeness (QED) is 0.789. The van der Waals surface area contributed by atoms with E-state index in [1.54, 1.807) is 30.3 Å². The Bertz CT molecular complexity index is 779. The second-order valence-electron chi connectivity index (χ2n) is 7.08. The normalized spacial score (nSPS) is 10.9. The molecule has 2 aromatic carbocycles. The molecule has 0 saturated carbocycles. The molecule has 0 heterocycles. The van der Waals surface area contributed by atoms with Crippen molar-refractivity contribution in [1.82, 2.24) is 0 Å². The minimum absolute atomic E-state index is 0.103. The highest BCUT2D eigenvalue weighted by molar-refractivity contribution is 6.06. The summed E-state index contributed by atoms with van der Waals surface area (Å²) in [6.07, 6.45) is 0.887. The fraction of sp³-hybridized carbons (Fsp3) is 0.333. The summed E-state index contributed by atoms with van der Waals surface area (Å²) in [5.74, 6) is 0.276. The van der Waals surface area contributed by atoms with Crippen LogP contribution in [0.2, 0.25) is 0 Å². The number of benzene rings is 2. The van der Waals surface area contributed by atoms with Crippen LogP contribution >= 0.6 is 0 Å². The highest BCUT2D eigenvalue weighted by Crippen LogP contribution is 2.25. The molecule has 2 rings (SSSR count). The molecular weight excluding hydrogens is 328 g/mol. The molecule has 138 valence electrons. The van der Waals surface area contributed by atoms with Gasteiger partial charge in [0.25, 0.3) is 5.91 Å². The van der Waals surface area contributed by atoms with E-state index in [-0.39, 0.29) is 11.8 Å². The molecule has 0 aromatic heterocycles. The Morgan fingerprint density at radius 1 is 1.00 bits per heavy atom. The minimum atomic E-state index is -0.506. The maximum Gasteiger partial charge on any atom is 0.255 e. The van der Waals surface area contributed by atoms with E-state index >= 15 is 0 Å². The zero-order chi connectivity index (χ0) is 19.2. The van der Waals surface area contributed by atoms with Gasteiger partial charge in [0, 0.05) is 16.7 Å². The van der Waals surface area contributed by atoms with E-state index in [1.807, 2.05) is 45.9 Å². The van der Waals surface area contributed by atoms with Gasteiger partial charge in [-0.15, -0.1) is 0 Å². The van der Waals surface area contributed by atoms with Gasteiger partial charge in [-0.25, -0.2) is 0 Å². The molecule has 5 nitrogen and oxygen atoms in total. The van der Waals surface area contributed by atoms with E-state index in [9.17, 15) is 9.59 Å². The van der Waals surface area contributed by atoms with E-state index in [0.29, 0.717) is 29.3 Å². The second kappa shape index (κ2) is 8.52. The van der Waals surface area contributed by atoms with Crippen LogP contribution < -0.4 is 15.4 Å². The number of nitrogens with one attached hydrogen (secondary N) is 2. The van der Waals surface area contributed by atoms with Gasteiger partial charge in [0.1, 0.15) is 5.75 Å². The lowest BCUT2D eigenvalue weighted by molar-refractivity contribution is -0.123. The Labute approximate surface area is 154 Å². The number of hydrogen-bond donors (Lipinski definition) is 2. The van der Waals surface area contributed by atoms with E-state index < -0.39 is 5.41 Å². The third-order valence-corrected chi connectivity index (χ3v) is 3.66. The Hall–Kier alpha value is -2.82. The monoisotopic (exact) mass is 354 g/mol. The van der Waals surface area contributed by atoms with Gasteiger partial charge in [-0.05, 0) is 36.8 Å². The third kappa shape index (κ3) is 5.34. The van der Waals surface area contributed by atoms with Crippen molar-refractivity contribution < 1.29 is 14.3 Å². The van der Waals surface area contributed by atoms with Gasteiger partial charge in [0.15, 0.2) is 0 Å². The van der Waals surface area contributed by atoms with Gasteiger partial charge in [0.05, 0.1) is 12.3 Å². The maximum absolute atomic E-state index is 12.6. The molecular formula is C21H26N2O3. The number of ether oxygens (including phenoxy) is 1. The van der Waals surface area contributed by atoms with Crippen LogP contribution in [0.15, 0.2) is 48.5 Å². The number of carbonyl (C=O) groups excluding carboxylic acids is 2. The average molecular weight is 354 g/mol. The van der Waals surface area contributed by atoms with Crippen molar-refractivity contribution in [2.24, 2.45) is 5.41 Å². The van der Waals surface area contributed by atoms with Crippen molar-refractivity contribution in [2.75, 3.05) is 17.2 Å². The van der Waals surface area contributed by atoms with E-state index in [4.69, 9.17) is 4.74 Å². The van der Waals surface area contributed by atoms with Crippen molar-refractivity contribution in [2.45, 2.75) is 34.1 Å². The van der Waals surface area contributed by atoms with E-state index in [2.05, 4.69) is 10.6 Å². The molecule has 0 aliphatic heterocycles. The summed E-state index contributed by atoms with van der Waals surface area (Å²) in [6.45, 7) is 8.13. The van der Waals surface area contributed by atoms with Crippen LogP contribution in [0.25, 0.3) is 0 Å². The summed E-state index contributed by atoms with van der Waals surface area (Å²) in [6, 6.07) is 14.2. The lowest BCUT2D eigenvalue weighted by Gasteiger charge is -2.18. The number of anilines is 2. The summed E-state index contributed by atoms with van der Waals surface area (Å²) in [5, 5.41) is 5.71. The second-order valence-corrected chi connectivity index (χ2v) is 7.08. The molecule has 0 bridgehead atoms. The SMILES string of the molecule is CCCOc1ccccc1NC(=O)c1cccc(NC(=O)C(C)(C)C)c1. The first-order valence-electron chi connectivity index (χ1n) is 8.76. The summed E-state index contributed by atoms with van der Waals surface area (Å²) in [7, 11) is 0. The fourth-order valence-corrected chi connectivity index (χ4v) is 2.16. The molecule has 0 aliphatic carbocycles. The standard InChI is InChI=1S/C21H26N2O3/c1-5-13-26-18-12-7-6-11-17(18)23-19(24)15-9-8-10-16(14-15)22-20(25)21(2,3)4/h6-12,14H,5,13H2,1-4H3,(H,22,25)(H,23,24). The first kappa shape index (κ1) is 19.5. The zero-order valence-corrected chi connectivity index (χ0v) is 15.8. The number of para-hydroxylation sites is 2. The predicted octanol–water partition coefficient (Wildman–Crippen LogP) is 4.71. The molecule has 0 fully saturated rings. The van der Waals surface area contributed by atoms with Crippen LogP contribution in [0.5, 0.6) is 5.75 Å². The summed E-state index contributed by atoms with van der Waals surface area (Å²) < 4.78 is 5.67. The van der Waals surface area contributed by atoms with Crippen LogP contribution in [-0.2, 0) is 4.79 Å². The molecule has 0 atom stereocenters. The molecule has 0 spiro atoms. The zero-order valence-electron chi connectivity index (χ0n) is 15.8. The molecule has 0 radical (unpaired) electrons. The first-order valence-corrected chi connectivity index (χ1v) is 8.76. The smallest absolute Gasteiger partial charge is 0.255 e. The molecule has 0 saturated heterocycles. The predicted molar refractivity (Wildman–Crippen MR) is 105 cm³/mol. The third-order valence-electron chi connectivity index (χ3n) is 3.66. The van der Waals surface area contributed by atoms with Crippen LogP contribution in [0.1, 0.15) is 44.5 Å². The van der Waals surface area contributed by atoms with Gasteiger partial charge in [-0.1, -0.05) is 45.9 Å².